The number of hydrogen-bond acceptors (Lipinski definition) is 7. The molecule has 0 unspecified atom stereocenters. The molecule has 2 saturated heterocycles. The fourth-order valence-corrected chi connectivity index (χ4v) is 4.84. The summed E-state index contributed by atoms with van der Waals surface area (Å²) in [5, 5.41) is 3.89. The second-order valence-electron chi connectivity index (χ2n) is 8.04. The number of carbonyl (C=O) groups is 2. The second-order valence-corrected chi connectivity index (χ2v) is 8.04. The van der Waals surface area contributed by atoms with Gasteiger partial charge in [0.05, 0.1) is 31.0 Å². The van der Waals surface area contributed by atoms with Crippen LogP contribution in [-0.4, -0.2) is 61.5 Å². The molecule has 5 rings (SSSR count). The van der Waals surface area contributed by atoms with Gasteiger partial charge in [0.2, 0.25) is 17.7 Å². The van der Waals surface area contributed by atoms with E-state index in [9.17, 15) is 9.59 Å². The van der Waals surface area contributed by atoms with Gasteiger partial charge in [-0.3, -0.25) is 14.6 Å². The Hall–Kier alpha value is -3.07. The van der Waals surface area contributed by atoms with Gasteiger partial charge in [-0.15, -0.1) is 0 Å². The molecule has 30 heavy (non-hydrogen) atoms. The first-order chi connectivity index (χ1) is 14.5. The number of nitrogens with zero attached hydrogens (tertiary/aromatic N) is 5. The van der Waals surface area contributed by atoms with Crippen LogP contribution in [0, 0.1) is 18.8 Å². The van der Waals surface area contributed by atoms with E-state index < -0.39 is 17.4 Å². The van der Waals surface area contributed by atoms with Gasteiger partial charge in [-0.1, -0.05) is 23.4 Å². The van der Waals surface area contributed by atoms with E-state index in [2.05, 4.69) is 15.1 Å². The molecule has 2 amide bonds. The number of hydrogen-bond donors (Lipinski definition) is 0. The second kappa shape index (κ2) is 7.02. The van der Waals surface area contributed by atoms with Gasteiger partial charge in [0.1, 0.15) is 5.60 Å². The van der Waals surface area contributed by atoms with Gasteiger partial charge >= 0.3 is 0 Å². The van der Waals surface area contributed by atoms with Gasteiger partial charge in [-0.05, 0) is 18.6 Å². The van der Waals surface area contributed by atoms with E-state index in [4.69, 9.17) is 9.26 Å². The lowest BCUT2D eigenvalue weighted by Gasteiger charge is -2.28. The maximum Gasteiger partial charge on any atom is 0.230 e. The molecule has 2 fully saturated rings. The van der Waals surface area contributed by atoms with Crippen molar-refractivity contribution in [1.82, 2.24) is 24.9 Å². The molecular weight excluding hydrogens is 386 g/mol. The Morgan fingerprint density at radius 3 is 3.00 bits per heavy atom. The Bertz CT molecular complexity index is 1010. The average Bonchev–Trinajstić information content (AvgIpc) is 3.48. The van der Waals surface area contributed by atoms with E-state index in [-0.39, 0.29) is 24.5 Å². The fraction of sp³-hybridized carbons (Fsp3) is 0.476. The first kappa shape index (κ1) is 18.9. The van der Waals surface area contributed by atoms with Crippen LogP contribution in [0.5, 0.6) is 0 Å². The van der Waals surface area contributed by atoms with Gasteiger partial charge in [0.25, 0.3) is 0 Å². The number of ether oxygens (including phenoxy) is 1. The Morgan fingerprint density at radius 1 is 1.43 bits per heavy atom. The van der Waals surface area contributed by atoms with Crippen LogP contribution in [0.15, 0.2) is 41.2 Å². The van der Waals surface area contributed by atoms with E-state index in [1.165, 1.54) is 0 Å². The molecule has 9 nitrogen and oxygen atoms in total. The zero-order chi connectivity index (χ0) is 20.9. The number of fused-ring (bicyclic) bond motifs is 1. The predicted molar refractivity (Wildman–Crippen MR) is 104 cm³/mol. The summed E-state index contributed by atoms with van der Waals surface area (Å²) < 4.78 is 11.2. The number of rotatable bonds is 6. The van der Waals surface area contributed by atoms with Gasteiger partial charge in [-0.25, -0.2) is 0 Å². The smallest absolute Gasteiger partial charge is 0.230 e. The molecule has 5 heterocycles. The number of likely N-dealkylation sites (tertiary alicyclic amines) is 1. The van der Waals surface area contributed by atoms with Crippen molar-refractivity contribution in [3.63, 3.8) is 0 Å². The number of aryl methyl sites for hydroxylation is 1. The van der Waals surface area contributed by atoms with Crippen molar-refractivity contribution in [1.29, 1.82) is 0 Å². The van der Waals surface area contributed by atoms with Crippen LogP contribution in [0.25, 0.3) is 0 Å². The highest BCUT2D eigenvalue weighted by atomic mass is 16.5. The van der Waals surface area contributed by atoms with Crippen molar-refractivity contribution in [3.05, 3.63) is 54.0 Å². The van der Waals surface area contributed by atoms with Crippen LogP contribution < -0.4 is 0 Å². The minimum absolute atomic E-state index is 0.0458. The van der Waals surface area contributed by atoms with Crippen LogP contribution in [-0.2, 0) is 27.4 Å². The quantitative estimate of drug-likeness (QED) is 0.659. The number of pyridine rings is 1. The molecule has 0 N–H and O–H groups in total. The van der Waals surface area contributed by atoms with Crippen LogP contribution in [0.1, 0.15) is 24.2 Å². The maximum atomic E-state index is 13.5. The van der Waals surface area contributed by atoms with E-state index in [1.54, 1.807) is 29.1 Å². The summed E-state index contributed by atoms with van der Waals surface area (Å²) in [6.07, 6.45) is 6.96. The van der Waals surface area contributed by atoms with Crippen LogP contribution in [0.2, 0.25) is 0 Å². The summed E-state index contributed by atoms with van der Waals surface area (Å²) in [6, 6.07) is 3.79. The Morgan fingerprint density at radius 2 is 2.30 bits per heavy atom. The van der Waals surface area contributed by atoms with Gasteiger partial charge in [0, 0.05) is 32.4 Å². The minimum atomic E-state index is -0.730. The molecule has 3 aliphatic rings. The van der Waals surface area contributed by atoms with Crippen LogP contribution in [0.4, 0.5) is 0 Å². The lowest BCUT2D eigenvalue weighted by atomic mass is 9.76. The third kappa shape index (κ3) is 2.92. The molecule has 0 aliphatic carbocycles. The molecule has 0 aromatic carbocycles. The summed E-state index contributed by atoms with van der Waals surface area (Å²) >= 11 is 0. The zero-order valence-corrected chi connectivity index (χ0v) is 16.9. The monoisotopic (exact) mass is 409 g/mol. The topological polar surface area (TPSA) is 102 Å². The molecule has 3 aliphatic heterocycles. The van der Waals surface area contributed by atoms with Crippen molar-refractivity contribution in [2.24, 2.45) is 11.8 Å². The molecule has 156 valence electrons. The van der Waals surface area contributed by atoms with Crippen LogP contribution >= 0.6 is 0 Å². The normalized spacial score (nSPS) is 28.9. The largest absolute Gasteiger partial charge is 0.360 e. The molecule has 4 atom stereocenters. The van der Waals surface area contributed by atoms with Gasteiger partial charge in [-0.2, -0.15) is 4.98 Å². The summed E-state index contributed by atoms with van der Waals surface area (Å²) in [6.45, 7) is 5.22. The molecular formula is C21H23N5O4. The molecule has 2 bridgehead atoms. The lowest BCUT2D eigenvalue weighted by molar-refractivity contribution is -0.143. The van der Waals surface area contributed by atoms with E-state index in [0.717, 1.165) is 5.56 Å². The zero-order valence-electron chi connectivity index (χ0n) is 16.9. The summed E-state index contributed by atoms with van der Waals surface area (Å²) in [7, 11) is 0. The van der Waals surface area contributed by atoms with Crippen molar-refractivity contribution < 1.29 is 18.8 Å². The molecule has 0 radical (unpaired) electrons. The molecule has 1 spiro atoms. The highest BCUT2D eigenvalue weighted by molar-refractivity contribution is 5.93. The van der Waals surface area contributed by atoms with E-state index in [1.807, 2.05) is 31.2 Å². The van der Waals surface area contributed by atoms with E-state index in [0.29, 0.717) is 31.3 Å². The van der Waals surface area contributed by atoms with Crippen LogP contribution in [0.3, 0.4) is 0 Å². The highest BCUT2D eigenvalue weighted by Crippen LogP contribution is 2.52. The maximum absolute atomic E-state index is 13.5. The minimum Gasteiger partial charge on any atom is -0.360 e. The Kier molecular flexibility index (Phi) is 4.43. The highest BCUT2D eigenvalue weighted by Gasteiger charge is 2.67. The lowest BCUT2D eigenvalue weighted by Crippen LogP contribution is -2.45. The van der Waals surface area contributed by atoms with Crippen molar-refractivity contribution in [2.45, 2.75) is 38.6 Å². The summed E-state index contributed by atoms with van der Waals surface area (Å²) in [5.74, 6) is -0.316. The van der Waals surface area contributed by atoms with Crippen molar-refractivity contribution in [2.75, 3.05) is 13.1 Å². The average molecular weight is 409 g/mol. The number of aromatic nitrogens is 3. The summed E-state index contributed by atoms with van der Waals surface area (Å²) in [5.41, 5.74) is 0.221. The van der Waals surface area contributed by atoms with Crippen molar-refractivity contribution in [3.8, 4) is 0 Å². The molecule has 2 aromatic rings. The first-order valence-electron chi connectivity index (χ1n) is 10.1. The fourth-order valence-electron chi connectivity index (χ4n) is 4.84. The van der Waals surface area contributed by atoms with Gasteiger partial charge in [0.15, 0.2) is 5.82 Å². The van der Waals surface area contributed by atoms with Gasteiger partial charge < -0.3 is 19.1 Å². The number of carbonyl (C=O) groups excluding carboxylic acids is 2. The third-order valence-electron chi connectivity index (χ3n) is 6.16. The SMILES string of the molecule is CCN(Cc1noc(C)n1)C(=O)[C@H]1[C@@H]2C=C[C@@]3(CN(Cc4cccnc4)C(=O)[C@@H]13)O2. The molecule has 9 heteroatoms. The first-order valence-corrected chi connectivity index (χ1v) is 10.1. The third-order valence-corrected chi connectivity index (χ3v) is 6.16. The molecule has 2 aromatic heterocycles. The Labute approximate surface area is 173 Å². The van der Waals surface area contributed by atoms with Crippen molar-refractivity contribution >= 4 is 11.8 Å². The predicted octanol–water partition coefficient (Wildman–Crippen LogP) is 1.10. The Balaban J connectivity index is 1.38. The summed E-state index contributed by atoms with van der Waals surface area (Å²) in [4.78, 5) is 38.6. The number of amides is 2. The standard InChI is InChI=1S/C21H23N5O4/c1-3-25(11-16-23-13(2)30-24-16)19(27)17-15-6-7-21(29-15)12-26(20(28)18(17)21)10-14-5-4-8-22-9-14/h4-9,15,17-18H,3,10-12H2,1-2H3/t15-,17-,18+,21-/m0/s1. The molecule has 0 saturated carbocycles. The van der Waals surface area contributed by atoms with E-state index >= 15 is 0 Å².